The molecular formula is C26H29FN2O2S. The van der Waals surface area contributed by atoms with E-state index in [-0.39, 0.29) is 11.9 Å². The summed E-state index contributed by atoms with van der Waals surface area (Å²) >= 11 is 0. The van der Waals surface area contributed by atoms with Crippen molar-refractivity contribution in [3.05, 3.63) is 95.8 Å². The van der Waals surface area contributed by atoms with Crippen LogP contribution in [0.15, 0.2) is 83.8 Å². The SMILES string of the molecule is CS(=O)(=O)c1ccc(CN2CC[C@@H](Nc3cccc(F)c3)[C@@H](Cc3ccccc3)C2)cc1. The summed E-state index contributed by atoms with van der Waals surface area (Å²) in [7, 11) is -3.18. The van der Waals surface area contributed by atoms with E-state index in [9.17, 15) is 12.8 Å². The molecule has 1 aliphatic heterocycles. The van der Waals surface area contributed by atoms with Gasteiger partial charge in [-0.1, -0.05) is 48.5 Å². The third-order valence-corrected chi connectivity index (χ3v) is 7.22. The minimum absolute atomic E-state index is 0.232. The molecule has 0 bridgehead atoms. The van der Waals surface area contributed by atoms with Crippen LogP contribution in [-0.4, -0.2) is 38.7 Å². The maximum absolute atomic E-state index is 13.7. The van der Waals surface area contributed by atoms with Crippen LogP contribution in [0, 0.1) is 11.7 Å². The van der Waals surface area contributed by atoms with Crippen LogP contribution in [-0.2, 0) is 22.8 Å². The second-order valence-corrected chi connectivity index (χ2v) is 10.7. The molecule has 0 unspecified atom stereocenters. The van der Waals surface area contributed by atoms with E-state index in [0.29, 0.717) is 10.8 Å². The standard InChI is InChI=1S/C26H29FN2O2S/c1-32(30,31)25-12-10-21(11-13-25)18-29-15-14-26(28-24-9-5-8-23(27)17-24)22(19-29)16-20-6-3-2-4-7-20/h2-13,17,22,26,28H,14-16,18-19H2,1H3/t22-,26+/m0/s1. The molecule has 3 aromatic carbocycles. The normalized spacial score (nSPS) is 19.6. The van der Waals surface area contributed by atoms with Crippen LogP contribution in [0.25, 0.3) is 0 Å². The summed E-state index contributed by atoms with van der Waals surface area (Å²) in [4.78, 5) is 2.77. The van der Waals surface area contributed by atoms with Gasteiger partial charge < -0.3 is 5.32 Å². The number of sulfone groups is 1. The molecule has 32 heavy (non-hydrogen) atoms. The van der Waals surface area contributed by atoms with Crippen molar-refractivity contribution < 1.29 is 12.8 Å². The molecule has 4 nitrogen and oxygen atoms in total. The lowest BCUT2D eigenvalue weighted by atomic mass is 9.86. The number of anilines is 1. The molecule has 0 aliphatic carbocycles. The number of nitrogens with zero attached hydrogens (tertiary/aromatic N) is 1. The third-order valence-electron chi connectivity index (χ3n) is 6.09. The molecule has 3 aromatic rings. The van der Waals surface area contributed by atoms with Crippen LogP contribution in [0.5, 0.6) is 0 Å². The second-order valence-electron chi connectivity index (χ2n) is 8.65. The van der Waals surface area contributed by atoms with Gasteiger partial charge in [0.05, 0.1) is 4.90 Å². The van der Waals surface area contributed by atoms with Crippen LogP contribution in [0.4, 0.5) is 10.1 Å². The van der Waals surface area contributed by atoms with Crippen molar-refractivity contribution in [2.45, 2.75) is 30.3 Å². The largest absolute Gasteiger partial charge is 0.382 e. The summed E-state index contributed by atoms with van der Waals surface area (Å²) in [6, 6.07) is 24.6. The minimum atomic E-state index is -3.18. The number of hydrogen-bond acceptors (Lipinski definition) is 4. The quantitative estimate of drug-likeness (QED) is 0.561. The van der Waals surface area contributed by atoms with Gasteiger partial charge in [-0.3, -0.25) is 4.90 Å². The van der Waals surface area contributed by atoms with Crippen LogP contribution >= 0.6 is 0 Å². The molecule has 4 rings (SSSR count). The summed E-state index contributed by atoms with van der Waals surface area (Å²) in [6.45, 7) is 2.61. The zero-order valence-electron chi connectivity index (χ0n) is 18.2. The molecule has 2 atom stereocenters. The molecule has 0 saturated carbocycles. The summed E-state index contributed by atoms with van der Waals surface area (Å²) in [5.74, 6) is 0.134. The summed E-state index contributed by atoms with van der Waals surface area (Å²) in [6.07, 6.45) is 3.12. The van der Waals surface area contributed by atoms with Gasteiger partial charge in [0.25, 0.3) is 0 Å². The lowest BCUT2D eigenvalue weighted by molar-refractivity contribution is 0.155. The average molecular weight is 453 g/mol. The topological polar surface area (TPSA) is 49.4 Å². The highest BCUT2D eigenvalue weighted by Crippen LogP contribution is 2.26. The number of hydrogen-bond donors (Lipinski definition) is 1. The fourth-order valence-corrected chi connectivity index (χ4v) is 5.09. The zero-order valence-corrected chi connectivity index (χ0v) is 19.1. The Balaban J connectivity index is 1.47. The molecule has 1 aliphatic rings. The van der Waals surface area contributed by atoms with Gasteiger partial charge in [-0.2, -0.15) is 0 Å². The Labute approximate surface area is 190 Å². The van der Waals surface area contributed by atoms with Gasteiger partial charge in [0, 0.05) is 37.6 Å². The number of nitrogens with one attached hydrogen (secondary N) is 1. The van der Waals surface area contributed by atoms with Gasteiger partial charge in [-0.15, -0.1) is 0 Å². The van der Waals surface area contributed by atoms with Crippen LogP contribution in [0.1, 0.15) is 17.5 Å². The highest BCUT2D eigenvalue weighted by molar-refractivity contribution is 7.90. The molecule has 6 heteroatoms. The molecule has 1 fully saturated rings. The van der Waals surface area contributed by atoms with E-state index in [1.165, 1.54) is 17.9 Å². The highest BCUT2D eigenvalue weighted by atomic mass is 32.2. The van der Waals surface area contributed by atoms with Crippen molar-refractivity contribution in [1.82, 2.24) is 4.90 Å². The van der Waals surface area contributed by atoms with Crippen molar-refractivity contribution in [2.24, 2.45) is 5.92 Å². The number of rotatable bonds is 7. The number of halogens is 1. The molecule has 1 saturated heterocycles. The first-order valence-electron chi connectivity index (χ1n) is 10.9. The van der Waals surface area contributed by atoms with Gasteiger partial charge in [-0.05, 0) is 60.2 Å². The van der Waals surface area contributed by atoms with Crippen molar-refractivity contribution >= 4 is 15.5 Å². The van der Waals surface area contributed by atoms with E-state index in [2.05, 4.69) is 34.5 Å². The lowest BCUT2D eigenvalue weighted by Crippen LogP contribution is -2.46. The smallest absolute Gasteiger partial charge is 0.175 e. The van der Waals surface area contributed by atoms with E-state index in [4.69, 9.17) is 0 Å². The Morgan fingerprint density at radius 1 is 0.969 bits per heavy atom. The monoisotopic (exact) mass is 452 g/mol. The molecule has 0 aromatic heterocycles. The Morgan fingerprint density at radius 3 is 2.41 bits per heavy atom. The maximum Gasteiger partial charge on any atom is 0.175 e. The number of likely N-dealkylation sites (tertiary alicyclic amines) is 1. The van der Waals surface area contributed by atoms with Gasteiger partial charge in [-0.25, -0.2) is 12.8 Å². The lowest BCUT2D eigenvalue weighted by Gasteiger charge is -2.39. The van der Waals surface area contributed by atoms with Crippen LogP contribution in [0.3, 0.4) is 0 Å². The Kier molecular flexibility index (Phi) is 6.92. The molecule has 0 spiro atoms. The van der Waals surface area contributed by atoms with E-state index in [0.717, 1.165) is 43.7 Å². The van der Waals surface area contributed by atoms with Crippen molar-refractivity contribution in [1.29, 1.82) is 0 Å². The summed E-state index contributed by atoms with van der Waals surface area (Å²) in [5.41, 5.74) is 3.22. The third kappa shape index (κ3) is 5.96. The van der Waals surface area contributed by atoms with Gasteiger partial charge in [0.2, 0.25) is 0 Å². The highest BCUT2D eigenvalue weighted by Gasteiger charge is 2.29. The van der Waals surface area contributed by atoms with Crippen molar-refractivity contribution in [2.75, 3.05) is 24.7 Å². The molecule has 168 valence electrons. The molecular weight excluding hydrogens is 423 g/mol. The van der Waals surface area contributed by atoms with Gasteiger partial charge in [0.1, 0.15) is 5.82 Å². The zero-order chi connectivity index (χ0) is 22.6. The van der Waals surface area contributed by atoms with Crippen LogP contribution in [0.2, 0.25) is 0 Å². The van der Waals surface area contributed by atoms with Gasteiger partial charge >= 0.3 is 0 Å². The average Bonchev–Trinajstić information content (AvgIpc) is 2.76. The van der Waals surface area contributed by atoms with Gasteiger partial charge in [0.15, 0.2) is 9.84 Å². The Morgan fingerprint density at radius 2 is 1.72 bits per heavy atom. The first-order valence-corrected chi connectivity index (χ1v) is 12.8. The van der Waals surface area contributed by atoms with Crippen LogP contribution < -0.4 is 5.32 Å². The second kappa shape index (κ2) is 9.84. The van der Waals surface area contributed by atoms with E-state index < -0.39 is 9.84 Å². The number of benzene rings is 3. The molecule has 0 radical (unpaired) electrons. The molecule has 0 amide bonds. The van der Waals surface area contributed by atoms with E-state index >= 15 is 0 Å². The fraction of sp³-hybridized carbons (Fsp3) is 0.308. The van der Waals surface area contributed by atoms with E-state index in [1.54, 1.807) is 24.3 Å². The minimum Gasteiger partial charge on any atom is -0.382 e. The molecule has 1 N–H and O–H groups in total. The summed E-state index contributed by atoms with van der Waals surface area (Å²) in [5, 5.41) is 3.57. The maximum atomic E-state index is 13.7. The number of piperidine rings is 1. The first-order chi connectivity index (χ1) is 15.4. The Hall–Kier alpha value is -2.70. The predicted molar refractivity (Wildman–Crippen MR) is 127 cm³/mol. The van der Waals surface area contributed by atoms with Crippen molar-refractivity contribution in [3.63, 3.8) is 0 Å². The first kappa shape index (κ1) is 22.5. The summed E-state index contributed by atoms with van der Waals surface area (Å²) < 4.78 is 37.1. The predicted octanol–water partition coefficient (Wildman–Crippen LogP) is 4.77. The van der Waals surface area contributed by atoms with Crippen molar-refractivity contribution in [3.8, 4) is 0 Å². The fourth-order valence-electron chi connectivity index (χ4n) is 4.46. The van der Waals surface area contributed by atoms with E-state index in [1.807, 2.05) is 24.3 Å². The molecule has 1 heterocycles. The Bertz CT molecular complexity index is 1130.